The van der Waals surface area contributed by atoms with Crippen molar-refractivity contribution in [3.63, 3.8) is 0 Å². The predicted molar refractivity (Wildman–Crippen MR) is 171 cm³/mol. The summed E-state index contributed by atoms with van der Waals surface area (Å²) >= 11 is 6.62. The van der Waals surface area contributed by atoms with Gasteiger partial charge in [0.1, 0.15) is 18.5 Å². The van der Waals surface area contributed by atoms with Gasteiger partial charge in [0.05, 0.1) is 25.9 Å². The van der Waals surface area contributed by atoms with E-state index in [1.807, 2.05) is 67.6 Å². The van der Waals surface area contributed by atoms with Gasteiger partial charge in [-0.25, -0.2) is 4.39 Å². The fourth-order valence-electron chi connectivity index (χ4n) is 5.80. The normalized spacial score (nSPS) is 22.8. The van der Waals surface area contributed by atoms with Crippen molar-refractivity contribution in [2.75, 3.05) is 13.7 Å². The quantitative estimate of drug-likeness (QED) is 0.138. The molecule has 242 valence electrons. The van der Waals surface area contributed by atoms with E-state index in [0.717, 1.165) is 17.4 Å². The van der Waals surface area contributed by atoms with Crippen LogP contribution in [-0.4, -0.2) is 38.3 Å². The molecule has 0 radical (unpaired) electrons. The Labute approximate surface area is 273 Å². The van der Waals surface area contributed by atoms with Crippen molar-refractivity contribution in [3.05, 3.63) is 135 Å². The molecule has 6 nitrogen and oxygen atoms in total. The van der Waals surface area contributed by atoms with E-state index in [1.165, 1.54) is 19.2 Å². The predicted octanol–water partition coefficient (Wildman–Crippen LogP) is 7.81. The first kappa shape index (κ1) is 33.7. The Hall–Kier alpha value is -3.66. The maximum absolute atomic E-state index is 15.1. The van der Waals surface area contributed by atoms with Crippen LogP contribution in [0.15, 0.2) is 91.0 Å². The third-order valence-corrected chi connectivity index (χ3v) is 8.64. The van der Waals surface area contributed by atoms with E-state index >= 15 is 4.39 Å². The van der Waals surface area contributed by atoms with Crippen LogP contribution in [0.1, 0.15) is 41.7 Å². The van der Waals surface area contributed by atoms with Crippen molar-refractivity contribution >= 4 is 17.9 Å². The molecular formula is C37H37ClF2O6. The van der Waals surface area contributed by atoms with Gasteiger partial charge in [-0.3, -0.25) is 0 Å². The zero-order chi connectivity index (χ0) is 32.7. The van der Waals surface area contributed by atoms with Crippen LogP contribution in [0.3, 0.4) is 0 Å². The van der Waals surface area contributed by atoms with Gasteiger partial charge in [0, 0.05) is 30.0 Å². The van der Waals surface area contributed by atoms with Crippen LogP contribution >= 0.6 is 11.6 Å². The third-order valence-electron chi connectivity index (χ3n) is 8.27. The van der Waals surface area contributed by atoms with Crippen LogP contribution in [0.4, 0.5) is 8.78 Å². The molecule has 1 aliphatic heterocycles. The molecule has 0 aliphatic carbocycles. The summed E-state index contributed by atoms with van der Waals surface area (Å²) < 4.78 is 60.9. The standard InChI is InChI=1S/C37H37ClF2O6/c1-4-43-31-18-15-27(33(39)34(31)40)19-28-20-29(16-17-30(28)38)37(42-3)36(45-23-26-13-9-6-10-14-26)35(24(2)32(21-41)46-37)44-22-25-11-7-5-8-12-25/h5-18,20-21,24,32,35-36H,4,19,22-23H2,1-3H3/t24-,32-,35+,36-,37+/m1/s1. The first-order chi connectivity index (χ1) is 22.3. The van der Waals surface area contributed by atoms with Crippen LogP contribution in [0, 0.1) is 17.6 Å². The van der Waals surface area contributed by atoms with Crippen LogP contribution < -0.4 is 4.74 Å². The topological polar surface area (TPSA) is 63.2 Å². The maximum atomic E-state index is 15.1. The van der Waals surface area contributed by atoms with E-state index in [9.17, 15) is 9.18 Å². The van der Waals surface area contributed by atoms with Crippen molar-refractivity contribution in [1.29, 1.82) is 0 Å². The lowest BCUT2D eigenvalue weighted by Crippen LogP contribution is -2.62. The van der Waals surface area contributed by atoms with Crippen molar-refractivity contribution in [2.24, 2.45) is 5.92 Å². The molecule has 0 unspecified atom stereocenters. The van der Waals surface area contributed by atoms with Crippen molar-refractivity contribution in [2.45, 2.75) is 57.6 Å². The summed E-state index contributed by atoms with van der Waals surface area (Å²) in [5.74, 6) is -4.28. The number of carbonyl (C=O) groups is 1. The molecule has 9 heteroatoms. The van der Waals surface area contributed by atoms with Gasteiger partial charge in [0.15, 0.2) is 11.6 Å². The number of halogens is 3. The Morgan fingerprint density at radius 2 is 1.52 bits per heavy atom. The highest BCUT2D eigenvalue weighted by Gasteiger charge is 2.56. The van der Waals surface area contributed by atoms with Crippen molar-refractivity contribution < 1.29 is 37.3 Å². The second-order valence-electron chi connectivity index (χ2n) is 11.2. The van der Waals surface area contributed by atoms with Gasteiger partial charge < -0.3 is 28.5 Å². The van der Waals surface area contributed by atoms with Crippen LogP contribution in [0.25, 0.3) is 0 Å². The number of hydrogen-bond donors (Lipinski definition) is 0. The SMILES string of the molecule is CCOc1ccc(Cc2cc([C@]3(OC)O[C@H](C=O)[C@@H](C)[C@H](OCc4ccccc4)[C@H]3OCc3ccccc3)ccc2Cl)c(F)c1F. The monoisotopic (exact) mass is 650 g/mol. The molecule has 0 bridgehead atoms. The molecule has 1 heterocycles. The van der Waals surface area contributed by atoms with E-state index in [1.54, 1.807) is 25.1 Å². The van der Waals surface area contributed by atoms with E-state index in [-0.39, 0.29) is 37.6 Å². The summed E-state index contributed by atoms with van der Waals surface area (Å²) in [6, 6.07) is 27.3. The van der Waals surface area contributed by atoms with Crippen LogP contribution in [-0.2, 0) is 49.2 Å². The van der Waals surface area contributed by atoms with E-state index in [0.29, 0.717) is 16.1 Å². The Kier molecular flexibility index (Phi) is 11.2. The smallest absolute Gasteiger partial charge is 0.225 e. The molecule has 0 N–H and O–H groups in total. The Morgan fingerprint density at radius 3 is 2.13 bits per heavy atom. The minimum atomic E-state index is -1.63. The molecule has 5 rings (SSSR count). The van der Waals surface area contributed by atoms with Gasteiger partial charge in [-0.1, -0.05) is 91.3 Å². The lowest BCUT2D eigenvalue weighted by molar-refractivity contribution is -0.361. The van der Waals surface area contributed by atoms with Gasteiger partial charge in [-0.2, -0.15) is 4.39 Å². The molecular weight excluding hydrogens is 614 g/mol. The number of aldehydes is 1. The highest BCUT2D eigenvalue weighted by atomic mass is 35.5. The number of benzene rings is 4. The first-order valence-electron chi connectivity index (χ1n) is 15.2. The fraction of sp³-hybridized carbons (Fsp3) is 0.324. The summed E-state index contributed by atoms with van der Waals surface area (Å²) in [6.07, 6.45) is -1.71. The van der Waals surface area contributed by atoms with Gasteiger partial charge in [0.2, 0.25) is 11.6 Å². The molecule has 0 spiro atoms. The highest BCUT2D eigenvalue weighted by molar-refractivity contribution is 6.31. The van der Waals surface area contributed by atoms with E-state index in [4.69, 9.17) is 35.3 Å². The van der Waals surface area contributed by atoms with Crippen LogP contribution in [0.5, 0.6) is 5.75 Å². The van der Waals surface area contributed by atoms with E-state index < -0.39 is 41.7 Å². The number of hydrogen-bond acceptors (Lipinski definition) is 6. The van der Waals surface area contributed by atoms with Gasteiger partial charge >= 0.3 is 0 Å². The Balaban J connectivity index is 1.55. The number of rotatable bonds is 13. The molecule has 5 atom stereocenters. The van der Waals surface area contributed by atoms with Crippen molar-refractivity contribution in [1.82, 2.24) is 0 Å². The second kappa shape index (κ2) is 15.3. The molecule has 0 aromatic heterocycles. The average molecular weight is 651 g/mol. The molecule has 4 aromatic carbocycles. The van der Waals surface area contributed by atoms with Crippen LogP contribution in [0.2, 0.25) is 5.02 Å². The van der Waals surface area contributed by atoms with Gasteiger partial charge in [-0.05, 0) is 47.4 Å². The number of methoxy groups -OCH3 is 1. The Morgan fingerprint density at radius 1 is 0.870 bits per heavy atom. The molecule has 4 aromatic rings. The maximum Gasteiger partial charge on any atom is 0.225 e. The minimum absolute atomic E-state index is 0.0292. The molecule has 1 saturated heterocycles. The number of ether oxygens (including phenoxy) is 5. The number of carbonyl (C=O) groups excluding carboxylic acids is 1. The lowest BCUT2D eigenvalue weighted by Gasteiger charge is -2.50. The largest absolute Gasteiger partial charge is 0.491 e. The van der Waals surface area contributed by atoms with E-state index in [2.05, 4.69) is 0 Å². The molecule has 1 fully saturated rings. The molecule has 46 heavy (non-hydrogen) atoms. The summed E-state index contributed by atoms with van der Waals surface area (Å²) in [6.45, 7) is 4.25. The van der Waals surface area contributed by atoms with Crippen molar-refractivity contribution in [3.8, 4) is 5.75 Å². The zero-order valence-corrected chi connectivity index (χ0v) is 26.7. The highest BCUT2D eigenvalue weighted by Crippen LogP contribution is 2.45. The second-order valence-corrected chi connectivity index (χ2v) is 11.6. The summed E-state index contributed by atoms with van der Waals surface area (Å²) in [5.41, 5.74) is 2.94. The molecule has 0 saturated carbocycles. The summed E-state index contributed by atoms with van der Waals surface area (Å²) in [7, 11) is 1.47. The fourth-order valence-corrected chi connectivity index (χ4v) is 5.98. The average Bonchev–Trinajstić information content (AvgIpc) is 3.08. The first-order valence-corrected chi connectivity index (χ1v) is 15.6. The summed E-state index contributed by atoms with van der Waals surface area (Å²) in [4.78, 5) is 12.4. The summed E-state index contributed by atoms with van der Waals surface area (Å²) in [5, 5.41) is 0.332. The minimum Gasteiger partial charge on any atom is -0.491 e. The van der Waals surface area contributed by atoms with Gasteiger partial charge in [0.25, 0.3) is 0 Å². The zero-order valence-electron chi connectivity index (χ0n) is 26.0. The van der Waals surface area contributed by atoms with Gasteiger partial charge in [-0.15, -0.1) is 0 Å². The molecule has 1 aliphatic rings. The Bertz CT molecular complexity index is 1600. The third kappa shape index (κ3) is 7.17. The lowest BCUT2D eigenvalue weighted by atomic mass is 9.82. The molecule has 0 amide bonds.